The average Bonchev–Trinajstić information content (AvgIpc) is 2.94. The van der Waals surface area contributed by atoms with Crippen LogP contribution in [0.15, 0.2) is 66.7 Å². The van der Waals surface area contributed by atoms with Gasteiger partial charge in [0.1, 0.15) is 30.1 Å². The number of aliphatic hydroxyl groups excluding tert-OH is 1. The number of phenolic OH excluding ortho intramolecular Hbond substituents is 1. The fourth-order valence-electron chi connectivity index (χ4n) is 4.76. The summed E-state index contributed by atoms with van der Waals surface area (Å²) in [5.41, 5.74) is 7.26. The Labute approximate surface area is 228 Å². The Kier molecular flexibility index (Phi) is 10.7. The number of nitrogens with one attached hydrogen (secondary N) is 1. The molecule has 9 heteroatoms. The lowest BCUT2D eigenvalue weighted by molar-refractivity contribution is -0.279. The summed E-state index contributed by atoms with van der Waals surface area (Å²) in [5.74, 6) is -0.0540. The highest BCUT2D eigenvalue weighted by atomic mass is 16.7. The summed E-state index contributed by atoms with van der Waals surface area (Å²) in [6.45, 7) is 0.927. The number of phenols is 1. The zero-order chi connectivity index (χ0) is 27.6. The van der Waals surface area contributed by atoms with Gasteiger partial charge in [-0.15, -0.1) is 0 Å². The summed E-state index contributed by atoms with van der Waals surface area (Å²) >= 11 is 0. The monoisotopic (exact) mass is 538 g/mol. The lowest BCUT2D eigenvalue weighted by Crippen LogP contribution is -2.65. The van der Waals surface area contributed by atoms with E-state index in [1.165, 1.54) is 7.11 Å². The number of hydrogen-bond donors (Lipinski definition) is 4. The summed E-state index contributed by atoms with van der Waals surface area (Å²) in [5, 5.41) is 26.5. The Bertz CT molecular complexity index is 1210. The molecule has 0 aliphatic carbocycles. The van der Waals surface area contributed by atoms with Crippen LogP contribution >= 0.6 is 0 Å². The molecule has 39 heavy (non-hydrogen) atoms. The first kappa shape index (κ1) is 28.9. The fourth-order valence-corrected chi connectivity index (χ4v) is 4.76. The van der Waals surface area contributed by atoms with Crippen LogP contribution in [0.1, 0.15) is 24.0 Å². The van der Waals surface area contributed by atoms with Gasteiger partial charge in [-0.05, 0) is 53.4 Å². The Hall–Kier alpha value is -3.05. The Morgan fingerprint density at radius 2 is 1.82 bits per heavy atom. The van der Waals surface area contributed by atoms with E-state index in [0.29, 0.717) is 19.4 Å². The molecule has 1 saturated heterocycles. The molecule has 1 amide bonds. The molecule has 0 spiro atoms. The van der Waals surface area contributed by atoms with Crippen molar-refractivity contribution in [3.05, 3.63) is 77.9 Å². The van der Waals surface area contributed by atoms with E-state index >= 15 is 0 Å². The third kappa shape index (κ3) is 7.76. The van der Waals surface area contributed by atoms with Crippen molar-refractivity contribution in [3.8, 4) is 5.75 Å². The molecular formula is C30H38N2O7. The summed E-state index contributed by atoms with van der Waals surface area (Å²) in [6.07, 6.45) is -2.37. The van der Waals surface area contributed by atoms with Crippen molar-refractivity contribution in [2.75, 3.05) is 26.9 Å². The van der Waals surface area contributed by atoms with Crippen molar-refractivity contribution < 1.29 is 34.0 Å². The van der Waals surface area contributed by atoms with Crippen LogP contribution in [-0.2, 0) is 36.8 Å². The van der Waals surface area contributed by atoms with E-state index in [9.17, 15) is 15.0 Å². The van der Waals surface area contributed by atoms with Gasteiger partial charge < -0.3 is 40.2 Å². The lowest BCUT2D eigenvalue weighted by Gasteiger charge is -2.44. The standard InChI is InChI=1S/C30H38N2O7/c1-36-19-25-28(35)29(38-18-20-12-13-21-7-2-3-9-23(21)17-20)27(32-26(34)11-6-15-31)30(39-25)37-16-14-22-8-4-5-10-24(22)33/h2-5,7-10,12-13,17,25,27-30,33,35H,6,11,14-16,18-19,31H2,1H3,(H,32,34)/t25-,27-,28-,29-,30+/m1/s1. The topological polar surface area (TPSA) is 132 Å². The number of aliphatic hydroxyl groups is 1. The summed E-state index contributed by atoms with van der Waals surface area (Å²) in [4.78, 5) is 12.8. The van der Waals surface area contributed by atoms with Crippen LogP contribution in [-0.4, -0.2) is 73.6 Å². The van der Waals surface area contributed by atoms with E-state index in [1.54, 1.807) is 12.1 Å². The molecule has 5 N–H and O–H groups in total. The van der Waals surface area contributed by atoms with E-state index in [2.05, 4.69) is 5.32 Å². The van der Waals surface area contributed by atoms with E-state index in [-0.39, 0.29) is 37.9 Å². The number of methoxy groups -OCH3 is 1. The van der Waals surface area contributed by atoms with Crippen molar-refractivity contribution in [2.45, 2.75) is 56.5 Å². The molecule has 4 rings (SSSR count). The Balaban J connectivity index is 1.53. The molecule has 0 radical (unpaired) electrons. The minimum Gasteiger partial charge on any atom is -0.508 e. The largest absolute Gasteiger partial charge is 0.508 e. The van der Waals surface area contributed by atoms with Gasteiger partial charge in [0.2, 0.25) is 5.91 Å². The summed E-state index contributed by atoms with van der Waals surface area (Å²) in [6, 6.07) is 20.3. The number of para-hydroxylation sites is 1. The predicted molar refractivity (Wildman–Crippen MR) is 147 cm³/mol. The van der Waals surface area contributed by atoms with E-state index in [0.717, 1.165) is 21.9 Å². The third-order valence-corrected chi connectivity index (χ3v) is 6.84. The number of benzene rings is 3. The highest BCUT2D eigenvalue weighted by Gasteiger charge is 2.47. The third-order valence-electron chi connectivity index (χ3n) is 6.84. The minimum atomic E-state index is -1.08. The number of fused-ring (bicyclic) bond motifs is 1. The van der Waals surface area contributed by atoms with Crippen molar-refractivity contribution in [1.29, 1.82) is 0 Å². The molecule has 210 valence electrons. The maximum absolute atomic E-state index is 12.8. The quantitative estimate of drug-likeness (QED) is 0.261. The zero-order valence-corrected chi connectivity index (χ0v) is 22.2. The van der Waals surface area contributed by atoms with Crippen LogP contribution in [0.3, 0.4) is 0 Å². The molecule has 1 aliphatic rings. The highest BCUT2D eigenvalue weighted by molar-refractivity contribution is 5.83. The Morgan fingerprint density at radius 1 is 1.05 bits per heavy atom. The summed E-state index contributed by atoms with van der Waals surface area (Å²) < 4.78 is 23.8. The Morgan fingerprint density at radius 3 is 2.59 bits per heavy atom. The van der Waals surface area contributed by atoms with Crippen LogP contribution in [0.2, 0.25) is 0 Å². The van der Waals surface area contributed by atoms with Crippen LogP contribution in [0.25, 0.3) is 10.8 Å². The number of carbonyl (C=O) groups excluding carboxylic acids is 1. The van der Waals surface area contributed by atoms with Crippen molar-refractivity contribution in [3.63, 3.8) is 0 Å². The second-order valence-corrected chi connectivity index (χ2v) is 9.68. The molecule has 5 atom stereocenters. The number of nitrogens with two attached hydrogens (primary N) is 1. The van der Waals surface area contributed by atoms with Crippen molar-refractivity contribution in [1.82, 2.24) is 5.32 Å². The number of ether oxygens (including phenoxy) is 4. The molecule has 0 unspecified atom stereocenters. The number of carbonyl (C=O) groups is 1. The molecule has 1 aliphatic heterocycles. The van der Waals surface area contributed by atoms with Crippen molar-refractivity contribution in [2.24, 2.45) is 5.73 Å². The fraction of sp³-hybridized carbons (Fsp3) is 0.433. The molecule has 0 saturated carbocycles. The first-order valence-corrected chi connectivity index (χ1v) is 13.3. The second-order valence-electron chi connectivity index (χ2n) is 9.68. The molecule has 0 aromatic heterocycles. The predicted octanol–water partition coefficient (Wildman–Crippen LogP) is 2.65. The van der Waals surface area contributed by atoms with Gasteiger partial charge in [-0.3, -0.25) is 4.79 Å². The van der Waals surface area contributed by atoms with Crippen LogP contribution < -0.4 is 11.1 Å². The molecule has 9 nitrogen and oxygen atoms in total. The van der Waals surface area contributed by atoms with Gasteiger partial charge in [-0.1, -0.05) is 54.6 Å². The van der Waals surface area contributed by atoms with Gasteiger partial charge in [0, 0.05) is 13.5 Å². The molecule has 1 heterocycles. The van der Waals surface area contributed by atoms with Crippen molar-refractivity contribution >= 4 is 16.7 Å². The van der Waals surface area contributed by atoms with Gasteiger partial charge in [0.15, 0.2) is 6.29 Å². The normalized spacial score (nSPS) is 23.1. The van der Waals surface area contributed by atoms with Gasteiger partial charge in [-0.25, -0.2) is 0 Å². The number of amides is 1. The van der Waals surface area contributed by atoms with Gasteiger partial charge in [0.25, 0.3) is 0 Å². The average molecular weight is 539 g/mol. The van der Waals surface area contributed by atoms with Gasteiger partial charge in [0.05, 0.1) is 19.8 Å². The van der Waals surface area contributed by atoms with Gasteiger partial charge in [-0.2, -0.15) is 0 Å². The van der Waals surface area contributed by atoms with Crippen LogP contribution in [0.4, 0.5) is 0 Å². The number of aromatic hydroxyl groups is 1. The first-order chi connectivity index (χ1) is 19.0. The smallest absolute Gasteiger partial charge is 0.220 e. The molecule has 3 aromatic carbocycles. The number of rotatable bonds is 13. The molecule has 1 fully saturated rings. The maximum atomic E-state index is 12.8. The van der Waals surface area contributed by atoms with Crippen LogP contribution in [0, 0.1) is 0 Å². The molecule has 0 bridgehead atoms. The minimum absolute atomic E-state index is 0.115. The maximum Gasteiger partial charge on any atom is 0.220 e. The van der Waals surface area contributed by atoms with Gasteiger partial charge >= 0.3 is 0 Å². The molecular weight excluding hydrogens is 500 g/mol. The van der Waals surface area contributed by atoms with E-state index < -0.39 is 30.6 Å². The highest BCUT2D eigenvalue weighted by Crippen LogP contribution is 2.27. The molecule has 3 aromatic rings. The van der Waals surface area contributed by atoms with E-state index in [1.807, 2.05) is 54.6 Å². The summed E-state index contributed by atoms with van der Waals surface area (Å²) in [7, 11) is 1.52. The SMILES string of the molecule is COC[C@H]1O[C@H](OCCc2ccccc2O)[C@H](NC(=O)CCCN)[C@@H](OCc2ccc3ccccc3c2)[C@@H]1O. The number of hydrogen-bond acceptors (Lipinski definition) is 8. The second kappa shape index (κ2) is 14.4. The zero-order valence-electron chi connectivity index (χ0n) is 22.2. The first-order valence-electron chi connectivity index (χ1n) is 13.3. The van der Waals surface area contributed by atoms with Crippen LogP contribution in [0.5, 0.6) is 5.75 Å². The lowest BCUT2D eigenvalue weighted by atomic mass is 9.96. The van der Waals surface area contributed by atoms with E-state index in [4.69, 9.17) is 24.7 Å².